The van der Waals surface area contributed by atoms with E-state index in [1.165, 1.54) is 0 Å². The van der Waals surface area contributed by atoms with Crippen molar-refractivity contribution in [2.45, 2.75) is 13.3 Å². The van der Waals surface area contributed by atoms with Gasteiger partial charge in [-0.3, -0.25) is 9.59 Å². The van der Waals surface area contributed by atoms with Crippen molar-refractivity contribution in [1.29, 1.82) is 5.26 Å². The first kappa shape index (κ1) is 11.9. The van der Waals surface area contributed by atoms with Crippen molar-refractivity contribution in [1.82, 2.24) is 4.98 Å². The molecule has 0 aliphatic carbocycles. The van der Waals surface area contributed by atoms with Crippen LogP contribution in [0.15, 0.2) is 23.0 Å². The minimum absolute atomic E-state index is 0.00630. The minimum atomic E-state index is -1.13. The highest BCUT2D eigenvalue weighted by molar-refractivity contribution is 5.89. The van der Waals surface area contributed by atoms with Gasteiger partial charge in [0.15, 0.2) is 0 Å². The van der Waals surface area contributed by atoms with Gasteiger partial charge in [-0.25, -0.2) is 0 Å². The number of nitrogens with one attached hydrogen (secondary N) is 1. The van der Waals surface area contributed by atoms with E-state index in [0.717, 1.165) is 5.56 Å². The fourth-order valence-electron chi connectivity index (χ4n) is 2.01. The molecule has 2 rings (SSSR count). The Morgan fingerprint density at radius 1 is 1.50 bits per heavy atom. The Labute approximate surface area is 102 Å². The zero-order chi connectivity index (χ0) is 13.3. The van der Waals surface area contributed by atoms with E-state index in [2.05, 4.69) is 4.98 Å². The van der Waals surface area contributed by atoms with Gasteiger partial charge in [0.25, 0.3) is 5.56 Å². The maximum absolute atomic E-state index is 11.8. The second-order valence-electron chi connectivity index (χ2n) is 3.99. The topological polar surface area (TPSA) is 93.9 Å². The maximum atomic E-state index is 11.8. The second-order valence-corrected chi connectivity index (χ2v) is 3.99. The van der Waals surface area contributed by atoms with E-state index in [9.17, 15) is 14.9 Å². The van der Waals surface area contributed by atoms with Crippen molar-refractivity contribution in [2.24, 2.45) is 0 Å². The highest BCUT2D eigenvalue weighted by Gasteiger charge is 2.16. The molecule has 2 aromatic rings. The Hall–Kier alpha value is -2.61. The molecular weight excluding hydrogens is 232 g/mol. The third-order valence-corrected chi connectivity index (χ3v) is 2.79. The predicted molar refractivity (Wildman–Crippen MR) is 65.4 cm³/mol. The lowest BCUT2D eigenvalue weighted by molar-refractivity contribution is -0.136. The Morgan fingerprint density at radius 3 is 2.83 bits per heavy atom. The Kier molecular flexibility index (Phi) is 2.86. The molecule has 90 valence electrons. The number of carboxylic acid groups (broad SMARTS) is 1. The van der Waals surface area contributed by atoms with Gasteiger partial charge < -0.3 is 10.1 Å². The summed E-state index contributed by atoms with van der Waals surface area (Å²) in [6, 6.07) is 7.21. The third-order valence-electron chi connectivity index (χ3n) is 2.79. The largest absolute Gasteiger partial charge is 0.481 e. The van der Waals surface area contributed by atoms with E-state index < -0.39 is 17.9 Å². The van der Waals surface area contributed by atoms with Gasteiger partial charge in [0.05, 0.1) is 12.0 Å². The average Bonchev–Trinajstić information content (AvgIpc) is 2.30. The zero-order valence-corrected chi connectivity index (χ0v) is 9.65. The number of carboxylic acids is 1. The number of pyridine rings is 1. The van der Waals surface area contributed by atoms with Crippen molar-refractivity contribution in [3.8, 4) is 6.07 Å². The molecule has 0 bridgehead atoms. The van der Waals surface area contributed by atoms with E-state index in [-0.39, 0.29) is 11.1 Å². The number of aromatic nitrogens is 1. The van der Waals surface area contributed by atoms with Gasteiger partial charge in [0.1, 0.15) is 6.07 Å². The second kappa shape index (κ2) is 4.34. The smallest absolute Gasteiger partial charge is 0.308 e. The monoisotopic (exact) mass is 242 g/mol. The van der Waals surface area contributed by atoms with E-state index in [4.69, 9.17) is 5.11 Å². The normalized spacial score (nSPS) is 10.2. The first-order chi connectivity index (χ1) is 8.54. The van der Waals surface area contributed by atoms with Crippen molar-refractivity contribution < 1.29 is 9.90 Å². The molecular formula is C13H10N2O3. The van der Waals surface area contributed by atoms with Crippen LogP contribution >= 0.6 is 0 Å². The van der Waals surface area contributed by atoms with Crippen LogP contribution in [0, 0.1) is 18.3 Å². The van der Waals surface area contributed by atoms with Gasteiger partial charge >= 0.3 is 5.97 Å². The summed E-state index contributed by atoms with van der Waals surface area (Å²) in [7, 11) is 0. The van der Waals surface area contributed by atoms with E-state index in [0.29, 0.717) is 10.9 Å². The SMILES string of the molecule is Cc1cccc2[nH]c(=O)c(CC(=O)O)c(C#N)c12. The standard InChI is InChI=1S/C13H10N2O3/c1-7-3-2-4-10-12(7)9(6-14)8(5-11(16)17)13(18)15-10/h2-4H,5H2,1H3,(H,15,18)(H,16,17). The fourth-order valence-corrected chi connectivity index (χ4v) is 2.01. The van der Waals surface area contributed by atoms with Crippen LogP contribution in [0.25, 0.3) is 10.9 Å². The molecule has 0 radical (unpaired) electrons. The number of nitriles is 1. The number of hydrogen-bond donors (Lipinski definition) is 2. The van der Waals surface area contributed by atoms with Crippen molar-refractivity contribution in [3.05, 3.63) is 45.2 Å². The lowest BCUT2D eigenvalue weighted by Gasteiger charge is -2.07. The van der Waals surface area contributed by atoms with E-state index in [1.54, 1.807) is 12.1 Å². The van der Waals surface area contributed by atoms with Crippen LogP contribution in [-0.4, -0.2) is 16.1 Å². The lowest BCUT2D eigenvalue weighted by Crippen LogP contribution is -2.18. The van der Waals surface area contributed by atoms with Gasteiger partial charge in [-0.05, 0) is 18.6 Å². The van der Waals surface area contributed by atoms with Crippen molar-refractivity contribution in [2.75, 3.05) is 0 Å². The van der Waals surface area contributed by atoms with Crippen LogP contribution in [0.3, 0.4) is 0 Å². The summed E-state index contributed by atoms with van der Waals surface area (Å²) in [5.74, 6) is -1.13. The molecule has 0 amide bonds. The third kappa shape index (κ3) is 1.84. The molecule has 0 fully saturated rings. The molecule has 0 saturated carbocycles. The van der Waals surface area contributed by atoms with Gasteiger partial charge in [-0.2, -0.15) is 5.26 Å². The summed E-state index contributed by atoms with van der Waals surface area (Å²) in [5, 5.41) is 18.6. The lowest BCUT2D eigenvalue weighted by atomic mass is 9.99. The van der Waals surface area contributed by atoms with Gasteiger partial charge in [0.2, 0.25) is 0 Å². The number of aliphatic carboxylic acids is 1. The first-order valence-electron chi connectivity index (χ1n) is 5.31. The number of carbonyl (C=O) groups is 1. The van der Waals surface area contributed by atoms with Crippen LogP contribution in [0.4, 0.5) is 0 Å². The molecule has 0 atom stereocenters. The summed E-state index contributed by atoms with van der Waals surface area (Å²) >= 11 is 0. The minimum Gasteiger partial charge on any atom is -0.481 e. The van der Waals surface area contributed by atoms with Gasteiger partial charge in [-0.1, -0.05) is 12.1 Å². The predicted octanol–water partition coefficient (Wildman–Crippen LogP) is 1.34. The Bertz CT molecular complexity index is 738. The molecule has 0 unspecified atom stereocenters. The molecule has 18 heavy (non-hydrogen) atoms. The summed E-state index contributed by atoms with van der Waals surface area (Å²) in [5.41, 5.74) is 1.01. The fraction of sp³-hybridized carbons (Fsp3) is 0.154. The van der Waals surface area contributed by atoms with Gasteiger partial charge in [-0.15, -0.1) is 0 Å². The summed E-state index contributed by atoms with van der Waals surface area (Å²) in [4.78, 5) is 25.1. The average molecular weight is 242 g/mol. The number of H-pyrrole nitrogens is 1. The molecule has 1 aromatic carbocycles. The van der Waals surface area contributed by atoms with Crippen molar-refractivity contribution in [3.63, 3.8) is 0 Å². The molecule has 1 heterocycles. The molecule has 0 saturated heterocycles. The molecule has 0 aliphatic heterocycles. The molecule has 0 spiro atoms. The molecule has 5 nitrogen and oxygen atoms in total. The summed E-state index contributed by atoms with van der Waals surface area (Å²) in [6.45, 7) is 1.81. The number of rotatable bonds is 2. The van der Waals surface area contributed by atoms with Gasteiger partial charge in [0, 0.05) is 16.5 Å². The first-order valence-corrected chi connectivity index (χ1v) is 5.31. The number of benzene rings is 1. The Balaban J connectivity index is 2.92. The van der Waals surface area contributed by atoms with Crippen molar-refractivity contribution >= 4 is 16.9 Å². The summed E-state index contributed by atoms with van der Waals surface area (Å²) in [6.07, 6.45) is -0.456. The van der Waals surface area contributed by atoms with E-state index in [1.807, 2.05) is 19.1 Å². The Morgan fingerprint density at radius 2 is 2.22 bits per heavy atom. The zero-order valence-electron chi connectivity index (χ0n) is 9.65. The summed E-state index contributed by atoms with van der Waals surface area (Å²) < 4.78 is 0. The number of aromatic amines is 1. The maximum Gasteiger partial charge on any atom is 0.308 e. The van der Waals surface area contributed by atoms with Crippen LogP contribution in [-0.2, 0) is 11.2 Å². The highest BCUT2D eigenvalue weighted by Crippen LogP contribution is 2.21. The molecule has 1 aromatic heterocycles. The van der Waals surface area contributed by atoms with E-state index >= 15 is 0 Å². The van der Waals surface area contributed by atoms with Crippen LogP contribution < -0.4 is 5.56 Å². The number of nitrogens with zero attached hydrogens (tertiary/aromatic N) is 1. The molecule has 0 aliphatic rings. The van der Waals surface area contributed by atoms with Crippen LogP contribution in [0.2, 0.25) is 0 Å². The quantitative estimate of drug-likeness (QED) is 0.830. The van der Waals surface area contributed by atoms with Crippen LogP contribution in [0.5, 0.6) is 0 Å². The number of hydrogen-bond acceptors (Lipinski definition) is 3. The number of fused-ring (bicyclic) bond motifs is 1. The van der Waals surface area contributed by atoms with Crippen LogP contribution in [0.1, 0.15) is 16.7 Å². The highest BCUT2D eigenvalue weighted by atomic mass is 16.4. The molecule has 2 N–H and O–H groups in total. The molecule has 5 heteroatoms. The number of aryl methyl sites for hydroxylation is 1.